The highest BCUT2D eigenvalue weighted by Crippen LogP contribution is 2.41. The van der Waals surface area contributed by atoms with Crippen molar-refractivity contribution in [3.63, 3.8) is 0 Å². The van der Waals surface area contributed by atoms with Crippen molar-refractivity contribution < 1.29 is 0 Å². The number of aromatic nitrogens is 1. The summed E-state index contributed by atoms with van der Waals surface area (Å²) < 4.78 is 0. The number of rotatable bonds is 1. The molecule has 1 heterocycles. The minimum atomic E-state index is -0.151. The van der Waals surface area contributed by atoms with Gasteiger partial charge in [-0.15, -0.1) is 0 Å². The SMILES string of the molecule is CC1CCC(N)(c2cccc3ncccc23)C1. The highest BCUT2D eigenvalue weighted by molar-refractivity contribution is 5.83. The van der Waals surface area contributed by atoms with E-state index in [4.69, 9.17) is 5.73 Å². The molecule has 0 saturated heterocycles. The van der Waals surface area contributed by atoms with Crippen LogP contribution in [0.3, 0.4) is 0 Å². The molecule has 0 radical (unpaired) electrons. The van der Waals surface area contributed by atoms with Crippen LogP contribution in [0.15, 0.2) is 36.5 Å². The summed E-state index contributed by atoms with van der Waals surface area (Å²) in [6.07, 6.45) is 5.24. The molecule has 3 rings (SSSR count). The number of benzene rings is 1. The van der Waals surface area contributed by atoms with Gasteiger partial charge in [-0.1, -0.05) is 25.1 Å². The fourth-order valence-corrected chi connectivity index (χ4v) is 3.11. The zero-order chi connectivity index (χ0) is 11.9. The van der Waals surface area contributed by atoms with Gasteiger partial charge in [-0.3, -0.25) is 4.98 Å². The van der Waals surface area contributed by atoms with Crippen LogP contribution in [0.2, 0.25) is 0 Å². The molecule has 0 aliphatic heterocycles. The van der Waals surface area contributed by atoms with Crippen molar-refractivity contribution in [1.82, 2.24) is 4.98 Å². The Hall–Kier alpha value is -1.41. The molecule has 2 unspecified atom stereocenters. The van der Waals surface area contributed by atoms with E-state index in [-0.39, 0.29) is 5.54 Å². The first-order chi connectivity index (χ1) is 8.19. The lowest BCUT2D eigenvalue weighted by atomic mass is 9.86. The summed E-state index contributed by atoms with van der Waals surface area (Å²) in [6, 6.07) is 10.4. The van der Waals surface area contributed by atoms with Crippen molar-refractivity contribution >= 4 is 10.9 Å². The van der Waals surface area contributed by atoms with Gasteiger partial charge in [0, 0.05) is 17.1 Å². The molecule has 0 amide bonds. The molecular formula is C15H18N2. The molecule has 2 aromatic rings. The Labute approximate surface area is 102 Å². The summed E-state index contributed by atoms with van der Waals surface area (Å²) >= 11 is 0. The summed E-state index contributed by atoms with van der Waals surface area (Å²) in [5.74, 6) is 0.729. The third-order valence-electron chi connectivity index (χ3n) is 3.98. The van der Waals surface area contributed by atoms with E-state index in [1.54, 1.807) is 0 Å². The smallest absolute Gasteiger partial charge is 0.0705 e. The molecule has 1 aromatic carbocycles. The second kappa shape index (κ2) is 3.81. The molecule has 1 saturated carbocycles. The van der Waals surface area contributed by atoms with Crippen LogP contribution in [0.1, 0.15) is 31.7 Å². The van der Waals surface area contributed by atoms with Crippen molar-refractivity contribution in [2.75, 3.05) is 0 Å². The van der Waals surface area contributed by atoms with Crippen molar-refractivity contribution in [2.24, 2.45) is 11.7 Å². The molecule has 1 fully saturated rings. The number of hydrogen-bond acceptors (Lipinski definition) is 2. The highest BCUT2D eigenvalue weighted by Gasteiger charge is 2.36. The van der Waals surface area contributed by atoms with Gasteiger partial charge in [0.15, 0.2) is 0 Å². The maximum Gasteiger partial charge on any atom is 0.0705 e. The van der Waals surface area contributed by atoms with E-state index in [0.717, 1.165) is 24.3 Å². The first-order valence-corrected chi connectivity index (χ1v) is 6.32. The van der Waals surface area contributed by atoms with Gasteiger partial charge >= 0.3 is 0 Å². The van der Waals surface area contributed by atoms with Crippen molar-refractivity contribution in [3.05, 3.63) is 42.1 Å². The van der Waals surface area contributed by atoms with Crippen molar-refractivity contribution in [3.8, 4) is 0 Å². The number of nitrogens with two attached hydrogens (primary N) is 1. The van der Waals surface area contributed by atoms with Crippen LogP contribution in [0.25, 0.3) is 10.9 Å². The number of hydrogen-bond donors (Lipinski definition) is 1. The Kier molecular flexibility index (Phi) is 2.40. The van der Waals surface area contributed by atoms with Gasteiger partial charge in [-0.25, -0.2) is 0 Å². The zero-order valence-corrected chi connectivity index (χ0v) is 10.2. The minimum Gasteiger partial charge on any atom is -0.321 e. The van der Waals surface area contributed by atoms with Gasteiger partial charge in [-0.2, -0.15) is 0 Å². The minimum absolute atomic E-state index is 0.151. The van der Waals surface area contributed by atoms with Crippen LogP contribution in [-0.2, 0) is 5.54 Å². The van der Waals surface area contributed by atoms with Gasteiger partial charge in [0.1, 0.15) is 0 Å². The molecule has 0 bridgehead atoms. The Morgan fingerprint density at radius 3 is 2.94 bits per heavy atom. The number of nitrogens with zero attached hydrogens (tertiary/aromatic N) is 1. The van der Waals surface area contributed by atoms with Crippen LogP contribution < -0.4 is 5.73 Å². The summed E-state index contributed by atoms with van der Waals surface area (Å²) in [4.78, 5) is 4.41. The van der Waals surface area contributed by atoms with E-state index in [2.05, 4.69) is 36.2 Å². The number of pyridine rings is 1. The normalized spacial score (nSPS) is 28.7. The molecule has 1 aliphatic carbocycles. The highest BCUT2D eigenvalue weighted by atomic mass is 14.8. The first kappa shape index (κ1) is 10.7. The van der Waals surface area contributed by atoms with E-state index >= 15 is 0 Å². The lowest BCUT2D eigenvalue weighted by Crippen LogP contribution is -2.33. The third kappa shape index (κ3) is 1.73. The van der Waals surface area contributed by atoms with Crippen LogP contribution in [-0.4, -0.2) is 4.98 Å². The topological polar surface area (TPSA) is 38.9 Å². The summed E-state index contributed by atoms with van der Waals surface area (Å²) in [5.41, 5.74) is 8.78. The molecule has 2 nitrogen and oxygen atoms in total. The Morgan fingerprint density at radius 2 is 2.18 bits per heavy atom. The number of fused-ring (bicyclic) bond motifs is 1. The average Bonchev–Trinajstić information content (AvgIpc) is 2.70. The fraction of sp³-hybridized carbons (Fsp3) is 0.400. The quantitative estimate of drug-likeness (QED) is 0.811. The molecule has 2 heteroatoms. The van der Waals surface area contributed by atoms with Gasteiger partial charge in [0.25, 0.3) is 0 Å². The van der Waals surface area contributed by atoms with Gasteiger partial charge in [0.05, 0.1) is 5.52 Å². The molecule has 88 valence electrons. The Balaban J connectivity index is 2.17. The van der Waals surface area contributed by atoms with Crippen LogP contribution in [0.4, 0.5) is 0 Å². The molecule has 1 aliphatic rings. The largest absolute Gasteiger partial charge is 0.321 e. The van der Waals surface area contributed by atoms with Crippen LogP contribution in [0, 0.1) is 5.92 Å². The van der Waals surface area contributed by atoms with Gasteiger partial charge < -0.3 is 5.73 Å². The monoisotopic (exact) mass is 226 g/mol. The maximum absolute atomic E-state index is 6.61. The maximum atomic E-state index is 6.61. The van der Waals surface area contributed by atoms with Gasteiger partial charge in [-0.05, 0) is 42.9 Å². The molecule has 2 N–H and O–H groups in total. The first-order valence-electron chi connectivity index (χ1n) is 6.32. The average molecular weight is 226 g/mol. The predicted octanol–water partition coefficient (Wildman–Crippen LogP) is 3.21. The second-order valence-corrected chi connectivity index (χ2v) is 5.38. The second-order valence-electron chi connectivity index (χ2n) is 5.38. The van der Waals surface area contributed by atoms with E-state index in [0.29, 0.717) is 0 Å². The van der Waals surface area contributed by atoms with Crippen LogP contribution >= 0.6 is 0 Å². The van der Waals surface area contributed by atoms with Crippen molar-refractivity contribution in [2.45, 2.75) is 31.7 Å². The molecule has 0 spiro atoms. The molecular weight excluding hydrogens is 208 g/mol. The lowest BCUT2D eigenvalue weighted by Gasteiger charge is -2.26. The Bertz CT molecular complexity index is 544. The third-order valence-corrected chi connectivity index (χ3v) is 3.98. The van der Waals surface area contributed by atoms with Gasteiger partial charge in [0.2, 0.25) is 0 Å². The summed E-state index contributed by atoms with van der Waals surface area (Å²) in [6.45, 7) is 2.29. The van der Waals surface area contributed by atoms with E-state index < -0.39 is 0 Å². The van der Waals surface area contributed by atoms with E-state index in [9.17, 15) is 0 Å². The Morgan fingerprint density at radius 1 is 1.29 bits per heavy atom. The van der Waals surface area contributed by atoms with E-state index in [1.165, 1.54) is 17.4 Å². The fourth-order valence-electron chi connectivity index (χ4n) is 3.11. The zero-order valence-electron chi connectivity index (χ0n) is 10.2. The summed E-state index contributed by atoms with van der Waals surface area (Å²) in [5, 5.41) is 1.21. The lowest BCUT2D eigenvalue weighted by molar-refractivity contribution is 0.444. The molecule has 17 heavy (non-hydrogen) atoms. The molecule has 1 aromatic heterocycles. The summed E-state index contributed by atoms with van der Waals surface area (Å²) in [7, 11) is 0. The van der Waals surface area contributed by atoms with E-state index in [1.807, 2.05) is 12.3 Å². The van der Waals surface area contributed by atoms with Crippen LogP contribution in [0.5, 0.6) is 0 Å². The molecule has 2 atom stereocenters. The van der Waals surface area contributed by atoms with Crippen molar-refractivity contribution in [1.29, 1.82) is 0 Å². The predicted molar refractivity (Wildman–Crippen MR) is 70.6 cm³/mol. The standard InChI is InChI=1S/C15H18N2/c1-11-7-8-15(16,10-11)13-5-2-6-14-12(13)4-3-9-17-14/h2-6,9,11H,7-8,10,16H2,1H3.